The van der Waals surface area contributed by atoms with Crippen molar-refractivity contribution in [2.75, 3.05) is 6.54 Å². The molecule has 0 aliphatic carbocycles. The Morgan fingerprint density at radius 2 is 2.06 bits per heavy atom. The van der Waals surface area contributed by atoms with Crippen LogP contribution in [0.15, 0.2) is 48.8 Å². The van der Waals surface area contributed by atoms with Crippen molar-refractivity contribution in [3.63, 3.8) is 0 Å². The average molecular weight is 228 g/mol. The summed E-state index contributed by atoms with van der Waals surface area (Å²) < 4.78 is 5.92. The smallest absolute Gasteiger partial charge is 0.137 e. The molecule has 0 fully saturated rings. The molecule has 1 unspecified atom stereocenters. The van der Waals surface area contributed by atoms with Gasteiger partial charge in [0.05, 0.1) is 0 Å². The molecule has 3 nitrogen and oxygen atoms in total. The Bertz CT molecular complexity index is 471. The first-order valence-corrected chi connectivity index (χ1v) is 5.63. The fourth-order valence-corrected chi connectivity index (χ4v) is 1.66. The van der Waals surface area contributed by atoms with Crippen LogP contribution in [0.25, 0.3) is 0 Å². The zero-order valence-corrected chi connectivity index (χ0v) is 9.84. The monoisotopic (exact) mass is 228 g/mol. The highest BCUT2D eigenvalue weighted by Gasteiger charge is 2.12. The van der Waals surface area contributed by atoms with Gasteiger partial charge in [0.1, 0.15) is 11.9 Å². The van der Waals surface area contributed by atoms with E-state index in [4.69, 9.17) is 10.5 Å². The van der Waals surface area contributed by atoms with E-state index in [1.165, 1.54) is 0 Å². The number of rotatable bonds is 4. The Hall–Kier alpha value is -1.87. The molecule has 0 saturated heterocycles. The molecule has 1 aromatic carbocycles. The molecular formula is C14H16N2O. The van der Waals surface area contributed by atoms with E-state index >= 15 is 0 Å². The fourth-order valence-electron chi connectivity index (χ4n) is 1.66. The van der Waals surface area contributed by atoms with E-state index in [0.29, 0.717) is 6.54 Å². The van der Waals surface area contributed by atoms with Crippen LogP contribution in [0.4, 0.5) is 0 Å². The predicted octanol–water partition coefficient (Wildman–Crippen LogP) is 2.47. The van der Waals surface area contributed by atoms with Crippen LogP contribution in [0, 0.1) is 6.92 Å². The molecule has 0 saturated carbocycles. The van der Waals surface area contributed by atoms with Gasteiger partial charge >= 0.3 is 0 Å². The lowest BCUT2D eigenvalue weighted by Gasteiger charge is -2.18. The van der Waals surface area contributed by atoms with Gasteiger partial charge in [0.15, 0.2) is 0 Å². The average Bonchev–Trinajstić information content (AvgIpc) is 2.39. The van der Waals surface area contributed by atoms with Crippen LogP contribution in [0.1, 0.15) is 17.2 Å². The van der Waals surface area contributed by atoms with Gasteiger partial charge < -0.3 is 10.5 Å². The van der Waals surface area contributed by atoms with Gasteiger partial charge in [0.25, 0.3) is 0 Å². The molecule has 0 aliphatic heterocycles. The van der Waals surface area contributed by atoms with E-state index in [1.807, 2.05) is 43.3 Å². The Morgan fingerprint density at radius 1 is 1.24 bits per heavy atom. The van der Waals surface area contributed by atoms with Gasteiger partial charge in [-0.15, -0.1) is 0 Å². The topological polar surface area (TPSA) is 48.1 Å². The number of para-hydroxylation sites is 1. The molecule has 0 amide bonds. The van der Waals surface area contributed by atoms with Crippen molar-refractivity contribution in [3.8, 4) is 5.75 Å². The molecule has 2 N–H and O–H groups in total. The van der Waals surface area contributed by atoms with Crippen LogP contribution in [0.2, 0.25) is 0 Å². The third-order valence-corrected chi connectivity index (χ3v) is 2.63. The second-order valence-corrected chi connectivity index (χ2v) is 3.89. The number of benzene rings is 1. The van der Waals surface area contributed by atoms with Crippen LogP contribution in [0.3, 0.4) is 0 Å². The lowest BCUT2D eigenvalue weighted by Crippen LogP contribution is -2.18. The highest BCUT2D eigenvalue weighted by molar-refractivity contribution is 5.32. The summed E-state index contributed by atoms with van der Waals surface area (Å²) in [6, 6.07) is 11.8. The van der Waals surface area contributed by atoms with Gasteiger partial charge in [-0.25, -0.2) is 0 Å². The van der Waals surface area contributed by atoms with Crippen molar-refractivity contribution >= 4 is 0 Å². The van der Waals surface area contributed by atoms with Gasteiger partial charge in [-0.2, -0.15) is 0 Å². The second-order valence-electron chi connectivity index (χ2n) is 3.89. The molecule has 0 spiro atoms. The molecule has 2 aromatic rings. The summed E-state index contributed by atoms with van der Waals surface area (Å²) in [4.78, 5) is 4.08. The van der Waals surface area contributed by atoms with E-state index in [1.54, 1.807) is 12.4 Å². The third-order valence-electron chi connectivity index (χ3n) is 2.63. The van der Waals surface area contributed by atoms with Gasteiger partial charge in [-0.3, -0.25) is 4.98 Å². The second kappa shape index (κ2) is 5.46. The van der Waals surface area contributed by atoms with Crippen molar-refractivity contribution in [1.29, 1.82) is 0 Å². The number of nitrogens with two attached hydrogens (primary N) is 1. The summed E-state index contributed by atoms with van der Waals surface area (Å²) in [6.07, 6.45) is 3.38. The molecule has 88 valence electrons. The minimum atomic E-state index is -0.148. The molecule has 1 heterocycles. The Morgan fingerprint density at radius 3 is 2.71 bits per heavy atom. The summed E-state index contributed by atoms with van der Waals surface area (Å²) in [5.74, 6) is 0.867. The van der Waals surface area contributed by atoms with E-state index in [-0.39, 0.29) is 6.10 Å². The van der Waals surface area contributed by atoms with Crippen molar-refractivity contribution in [1.82, 2.24) is 4.98 Å². The van der Waals surface area contributed by atoms with Crippen LogP contribution >= 0.6 is 0 Å². The zero-order valence-electron chi connectivity index (χ0n) is 9.84. The summed E-state index contributed by atoms with van der Waals surface area (Å²) in [5.41, 5.74) is 7.85. The lowest BCUT2D eigenvalue weighted by molar-refractivity contribution is 0.212. The van der Waals surface area contributed by atoms with Crippen molar-refractivity contribution in [2.24, 2.45) is 5.73 Å². The molecule has 1 atom stereocenters. The summed E-state index contributed by atoms with van der Waals surface area (Å²) in [7, 11) is 0. The van der Waals surface area contributed by atoms with Gasteiger partial charge in [-0.1, -0.05) is 24.3 Å². The first-order valence-electron chi connectivity index (χ1n) is 5.63. The van der Waals surface area contributed by atoms with Gasteiger partial charge in [0, 0.05) is 24.5 Å². The maximum atomic E-state index is 5.92. The number of nitrogens with zero attached hydrogens (tertiary/aromatic N) is 1. The van der Waals surface area contributed by atoms with E-state index in [2.05, 4.69) is 4.98 Å². The quantitative estimate of drug-likeness (QED) is 0.874. The number of aryl methyl sites for hydroxylation is 1. The minimum absolute atomic E-state index is 0.148. The Balaban J connectivity index is 2.19. The first kappa shape index (κ1) is 11.6. The van der Waals surface area contributed by atoms with Crippen molar-refractivity contribution in [3.05, 3.63) is 59.9 Å². The summed E-state index contributed by atoms with van der Waals surface area (Å²) in [5, 5.41) is 0. The predicted molar refractivity (Wildman–Crippen MR) is 67.8 cm³/mol. The number of hydrogen-bond acceptors (Lipinski definition) is 3. The zero-order chi connectivity index (χ0) is 12.1. The molecule has 0 radical (unpaired) electrons. The number of hydrogen-bond donors (Lipinski definition) is 1. The largest absolute Gasteiger partial charge is 0.484 e. The van der Waals surface area contributed by atoms with Gasteiger partial charge in [0.2, 0.25) is 0 Å². The number of aromatic nitrogens is 1. The fraction of sp³-hybridized carbons (Fsp3) is 0.214. The summed E-state index contributed by atoms with van der Waals surface area (Å²) in [6.45, 7) is 2.45. The van der Waals surface area contributed by atoms with Crippen LogP contribution in [-0.2, 0) is 0 Å². The Kier molecular flexibility index (Phi) is 3.73. The van der Waals surface area contributed by atoms with Crippen LogP contribution < -0.4 is 10.5 Å². The molecule has 1 aromatic heterocycles. The maximum Gasteiger partial charge on any atom is 0.137 e. The summed E-state index contributed by atoms with van der Waals surface area (Å²) >= 11 is 0. The molecule has 0 bridgehead atoms. The van der Waals surface area contributed by atoms with Crippen LogP contribution in [-0.4, -0.2) is 11.5 Å². The van der Waals surface area contributed by atoms with E-state index < -0.39 is 0 Å². The maximum absolute atomic E-state index is 5.92. The van der Waals surface area contributed by atoms with Crippen molar-refractivity contribution < 1.29 is 4.74 Å². The standard InChI is InChI=1S/C14H16N2O/c1-11-5-2-3-7-13(11)17-14(9-15)12-6-4-8-16-10-12/h2-8,10,14H,9,15H2,1H3. The minimum Gasteiger partial charge on any atom is -0.484 e. The van der Waals surface area contributed by atoms with Crippen molar-refractivity contribution in [2.45, 2.75) is 13.0 Å². The number of pyridine rings is 1. The molecule has 3 heteroatoms. The third kappa shape index (κ3) is 2.82. The normalized spacial score (nSPS) is 12.1. The molecular weight excluding hydrogens is 212 g/mol. The first-order chi connectivity index (χ1) is 8.31. The lowest BCUT2D eigenvalue weighted by atomic mass is 10.1. The Labute approximate surface area is 101 Å². The van der Waals surface area contributed by atoms with Gasteiger partial charge in [-0.05, 0) is 24.6 Å². The molecule has 2 rings (SSSR count). The highest BCUT2D eigenvalue weighted by Crippen LogP contribution is 2.23. The molecule has 17 heavy (non-hydrogen) atoms. The number of ether oxygens (including phenoxy) is 1. The van der Waals surface area contributed by atoms with E-state index in [0.717, 1.165) is 16.9 Å². The highest BCUT2D eigenvalue weighted by atomic mass is 16.5. The molecule has 0 aliphatic rings. The van der Waals surface area contributed by atoms with Crippen LogP contribution in [0.5, 0.6) is 5.75 Å². The SMILES string of the molecule is Cc1ccccc1OC(CN)c1cccnc1. The van der Waals surface area contributed by atoms with E-state index in [9.17, 15) is 0 Å².